The van der Waals surface area contributed by atoms with E-state index in [9.17, 15) is 10.1 Å². The van der Waals surface area contributed by atoms with Crippen LogP contribution in [-0.2, 0) is 17.8 Å². The van der Waals surface area contributed by atoms with E-state index in [4.69, 9.17) is 14.7 Å². The van der Waals surface area contributed by atoms with Gasteiger partial charge in [-0.25, -0.2) is 4.39 Å². The highest BCUT2D eigenvalue weighted by atomic mass is 19.1. The van der Waals surface area contributed by atoms with Crippen LogP contribution in [0.4, 0.5) is 15.9 Å². The number of piperazine rings is 1. The Balaban J connectivity index is 1.37. The van der Waals surface area contributed by atoms with Crippen molar-refractivity contribution in [2.75, 3.05) is 56.2 Å². The molecule has 2 atom stereocenters. The van der Waals surface area contributed by atoms with E-state index in [0.29, 0.717) is 57.1 Å². The number of likely N-dealkylation sites (tertiary alicyclic amines) is 1. The van der Waals surface area contributed by atoms with Gasteiger partial charge in [0.2, 0.25) is 5.91 Å². The second kappa shape index (κ2) is 12.6. The summed E-state index contributed by atoms with van der Waals surface area (Å²) in [6.07, 6.45) is 5.26. The van der Waals surface area contributed by atoms with Crippen molar-refractivity contribution in [3.8, 4) is 12.1 Å². The van der Waals surface area contributed by atoms with Crippen LogP contribution in [-0.4, -0.2) is 84.1 Å². The number of carbonyl (C=O) groups excluding carboxylic acids is 1. The van der Waals surface area contributed by atoms with Crippen LogP contribution in [0.15, 0.2) is 49.1 Å². The van der Waals surface area contributed by atoms with Crippen LogP contribution in [0.25, 0.3) is 10.8 Å². The summed E-state index contributed by atoms with van der Waals surface area (Å²) in [5.74, 6) is 0.368. The highest BCUT2D eigenvalue weighted by molar-refractivity contribution is 5.94. The number of nitriles is 1. The zero-order chi connectivity index (χ0) is 29.9. The predicted molar refractivity (Wildman–Crippen MR) is 165 cm³/mol. The summed E-state index contributed by atoms with van der Waals surface area (Å²) in [5.41, 5.74) is 2.44. The molecule has 3 aliphatic rings. The maximum Gasteiger partial charge on any atom is 0.318 e. The average molecular weight is 584 g/mol. The van der Waals surface area contributed by atoms with Crippen molar-refractivity contribution in [3.63, 3.8) is 0 Å². The Labute approximate surface area is 252 Å². The summed E-state index contributed by atoms with van der Waals surface area (Å²) < 4.78 is 21.7. The van der Waals surface area contributed by atoms with E-state index in [1.165, 1.54) is 6.08 Å². The molecule has 1 amide bonds. The molecule has 2 aromatic carbocycles. The van der Waals surface area contributed by atoms with E-state index in [0.717, 1.165) is 60.1 Å². The molecule has 2 fully saturated rings. The molecule has 4 heterocycles. The fourth-order valence-corrected chi connectivity index (χ4v) is 6.75. The fraction of sp³-hybridized carbons (Fsp3) is 0.455. The van der Waals surface area contributed by atoms with Crippen molar-refractivity contribution in [2.45, 2.75) is 50.7 Å². The molecule has 6 rings (SSSR count). The number of likely N-dealkylation sites (N-methyl/N-ethyl adjacent to an activating group) is 1. The van der Waals surface area contributed by atoms with E-state index in [2.05, 4.69) is 34.4 Å². The molecule has 224 valence electrons. The predicted octanol–water partition coefficient (Wildman–Crippen LogP) is 4.31. The minimum absolute atomic E-state index is 0.168. The normalized spacial score (nSPS) is 20.9. The lowest BCUT2D eigenvalue weighted by atomic mass is 10.1. The number of rotatable bonds is 7. The SMILES string of the molecule is C=CC(=O)N1CCN(c2nc(OC[C@@H]3CCCN3C)nc3c2CCCN(c2c(F)ccc4ccccc24)C3)C[C@@H]1CC#N. The summed E-state index contributed by atoms with van der Waals surface area (Å²) in [6, 6.07) is 13.8. The van der Waals surface area contributed by atoms with E-state index >= 15 is 4.39 Å². The van der Waals surface area contributed by atoms with Crippen molar-refractivity contribution >= 4 is 28.2 Å². The van der Waals surface area contributed by atoms with Gasteiger partial charge in [0.25, 0.3) is 0 Å². The van der Waals surface area contributed by atoms with Crippen LogP contribution in [0, 0.1) is 17.1 Å². The maximum absolute atomic E-state index is 15.5. The molecule has 2 saturated heterocycles. The number of halogens is 1. The number of hydrogen-bond donors (Lipinski definition) is 0. The number of ether oxygens (including phenoxy) is 1. The Morgan fingerprint density at radius 1 is 1.12 bits per heavy atom. The van der Waals surface area contributed by atoms with E-state index in [1.807, 2.05) is 30.3 Å². The van der Waals surface area contributed by atoms with Gasteiger partial charge in [-0.05, 0) is 56.8 Å². The minimum atomic E-state index is -0.279. The van der Waals surface area contributed by atoms with Gasteiger partial charge < -0.3 is 24.3 Å². The largest absolute Gasteiger partial charge is 0.462 e. The van der Waals surface area contributed by atoms with Crippen LogP contribution in [0.5, 0.6) is 6.01 Å². The number of carbonyl (C=O) groups is 1. The first kappa shape index (κ1) is 28.9. The molecular weight excluding hydrogens is 545 g/mol. The third-order valence-corrected chi connectivity index (χ3v) is 9.06. The Kier molecular flexibility index (Phi) is 8.43. The van der Waals surface area contributed by atoms with Crippen molar-refractivity contribution in [3.05, 3.63) is 66.1 Å². The summed E-state index contributed by atoms with van der Waals surface area (Å²) in [7, 11) is 2.11. The molecule has 9 nitrogen and oxygen atoms in total. The molecule has 3 aromatic rings. The third-order valence-electron chi connectivity index (χ3n) is 9.06. The monoisotopic (exact) mass is 583 g/mol. The molecule has 1 aromatic heterocycles. The number of amides is 1. The van der Waals surface area contributed by atoms with Crippen molar-refractivity contribution < 1.29 is 13.9 Å². The lowest BCUT2D eigenvalue weighted by molar-refractivity contribution is -0.128. The Hall–Kier alpha value is -4.23. The Morgan fingerprint density at radius 3 is 2.77 bits per heavy atom. The van der Waals surface area contributed by atoms with E-state index < -0.39 is 0 Å². The first-order chi connectivity index (χ1) is 21.0. The summed E-state index contributed by atoms with van der Waals surface area (Å²) in [6.45, 7) is 7.78. The molecule has 43 heavy (non-hydrogen) atoms. The second-order valence-corrected chi connectivity index (χ2v) is 11.7. The van der Waals surface area contributed by atoms with Crippen molar-refractivity contribution in [1.82, 2.24) is 19.8 Å². The fourth-order valence-electron chi connectivity index (χ4n) is 6.75. The number of fused-ring (bicyclic) bond motifs is 2. The summed E-state index contributed by atoms with van der Waals surface area (Å²) in [5, 5.41) is 11.4. The molecule has 0 radical (unpaired) electrons. The number of anilines is 2. The lowest BCUT2D eigenvalue weighted by Crippen LogP contribution is -2.55. The zero-order valence-electron chi connectivity index (χ0n) is 24.7. The molecule has 0 unspecified atom stereocenters. The Bertz CT molecular complexity index is 1560. The molecular formula is C33H38FN7O2. The number of benzene rings is 2. The molecule has 3 aliphatic heterocycles. The van der Waals surface area contributed by atoms with Gasteiger partial charge in [-0.3, -0.25) is 4.79 Å². The van der Waals surface area contributed by atoms with Gasteiger partial charge in [0, 0.05) is 43.2 Å². The maximum atomic E-state index is 15.5. The van der Waals surface area contributed by atoms with Gasteiger partial charge in [0.05, 0.1) is 36.5 Å². The molecule has 0 bridgehead atoms. The van der Waals surface area contributed by atoms with Crippen LogP contribution in [0.3, 0.4) is 0 Å². The smallest absolute Gasteiger partial charge is 0.318 e. The Morgan fingerprint density at radius 2 is 1.98 bits per heavy atom. The van der Waals surface area contributed by atoms with Gasteiger partial charge >= 0.3 is 6.01 Å². The van der Waals surface area contributed by atoms with E-state index in [-0.39, 0.29) is 24.2 Å². The third kappa shape index (κ3) is 5.87. The first-order valence-corrected chi connectivity index (χ1v) is 15.2. The molecule has 0 aliphatic carbocycles. The van der Waals surface area contributed by atoms with Gasteiger partial charge in [-0.1, -0.05) is 36.9 Å². The number of hydrogen-bond acceptors (Lipinski definition) is 8. The van der Waals surface area contributed by atoms with Gasteiger partial charge in [-0.2, -0.15) is 15.2 Å². The van der Waals surface area contributed by atoms with E-state index in [1.54, 1.807) is 11.0 Å². The van der Waals surface area contributed by atoms with Gasteiger partial charge in [-0.15, -0.1) is 0 Å². The lowest BCUT2D eigenvalue weighted by Gasteiger charge is -2.41. The number of aromatic nitrogens is 2. The number of nitrogens with zero attached hydrogens (tertiary/aromatic N) is 7. The average Bonchev–Trinajstić information content (AvgIpc) is 3.31. The molecule has 10 heteroatoms. The topological polar surface area (TPSA) is 88.8 Å². The highest BCUT2D eigenvalue weighted by Gasteiger charge is 2.33. The highest BCUT2D eigenvalue weighted by Crippen LogP contribution is 2.36. The van der Waals surface area contributed by atoms with Crippen LogP contribution in [0.2, 0.25) is 0 Å². The van der Waals surface area contributed by atoms with Gasteiger partial charge in [0.15, 0.2) is 0 Å². The minimum Gasteiger partial charge on any atom is -0.462 e. The van der Waals surface area contributed by atoms with Crippen LogP contribution >= 0.6 is 0 Å². The van der Waals surface area contributed by atoms with Crippen molar-refractivity contribution in [1.29, 1.82) is 5.26 Å². The molecule has 0 saturated carbocycles. The van der Waals surface area contributed by atoms with Crippen LogP contribution < -0.4 is 14.5 Å². The summed E-state index contributed by atoms with van der Waals surface area (Å²) in [4.78, 5) is 30.7. The van der Waals surface area contributed by atoms with Crippen LogP contribution in [0.1, 0.15) is 36.9 Å². The van der Waals surface area contributed by atoms with Crippen molar-refractivity contribution in [2.24, 2.45) is 0 Å². The summed E-state index contributed by atoms with van der Waals surface area (Å²) >= 11 is 0. The molecule has 0 spiro atoms. The zero-order valence-corrected chi connectivity index (χ0v) is 24.7. The second-order valence-electron chi connectivity index (χ2n) is 11.7. The standard InChI is InChI=1S/C33H38FN7O2/c1-3-30(42)41-19-18-40(20-24(41)14-15-35)32-27-11-7-17-39(31-26-10-5-4-8-23(26)12-13-28(31)34)21-29(27)36-33(37-32)43-22-25-9-6-16-38(25)2/h3-5,8,10,12-13,24-25H,1,6-7,9,11,14,16-22H2,2H3/t24-,25-/m0/s1. The first-order valence-electron chi connectivity index (χ1n) is 15.2. The molecule has 0 N–H and O–H groups in total. The quantitative estimate of drug-likeness (QED) is 0.381. The van der Waals surface area contributed by atoms with Gasteiger partial charge in [0.1, 0.15) is 18.2 Å².